The Morgan fingerprint density at radius 3 is 2.53 bits per heavy atom. The Balaban J connectivity index is 0.00000286. The number of hydrogen-bond donors (Lipinski definition) is 4. The van der Waals surface area contributed by atoms with E-state index in [4.69, 9.17) is 50.2 Å². The van der Waals surface area contributed by atoms with Crippen LogP contribution in [0.5, 0.6) is 6.01 Å². The third-order valence-corrected chi connectivity index (χ3v) is 8.71. The monoisotopic (exact) mass is 703 g/mol. The Morgan fingerprint density at radius 2 is 1.86 bits per heavy atom. The van der Waals surface area contributed by atoms with Crippen LogP contribution >= 0.6 is 0 Å². The van der Waals surface area contributed by atoms with Gasteiger partial charge in [-0.05, 0) is 65.6 Å². The first-order valence-corrected chi connectivity index (χ1v) is 17.7. The maximum atomic E-state index is 15.3. The lowest BCUT2D eigenvalue weighted by Crippen LogP contribution is -2.33. The molecule has 51 heavy (non-hydrogen) atoms. The molecule has 2 aromatic carbocycles. The number of ether oxygens (including phenoxy) is 5. The number of nitrogens with one attached hydrogen (secondary N) is 3. The average molecular weight is 704 g/mol. The van der Waals surface area contributed by atoms with Crippen molar-refractivity contribution < 1.29 is 28.1 Å². The van der Waals surface area contributed by atoms with Gasteiger partial charge < -0.3 is 34.7 Å². The van der Waals surface area contributed by atoms with E-state index < -0.39 is 5.82 Å². The average Bonchev–Trinajstić information content (AvgIpc) is 3.64. The molecule has 0 spiro atoms. The highest BCUT2D eigenvalue weighted by molar-refractivity contribution is 6.03. The molecule has 2 aliphatic heterocycles. The van der Waals surface area contributed by atoms with Gasteiger partial charge in [0.1, 0.15) is 30.4 Å². The number of anilines is 1. The molecule has 3 aromatic rings. The number of hydrogen-bond acceptors (Lipinski definition) is 12. The highest BCUT2D eigenvalue weighted by Gasteiger charge is 2.30. The molecule has 5 rings (SSSR count). The van der Waals surface area contributed by atoms with Gasteiger partial charge in [-0.1, -0.05) is 47.1 Å². The number of fused-ring (bicyclic) bond motifs is 3. The maximum Gasteiger partial charge on any atom is 0.319 e. The molecule has 1 unspecified atom stereocenters. The molecule has 3 heterocycles. The predicted molar refractivity (Wildman–Crippen MR) is 197 cm³/mol. The third-order valence-electron chi connectivity index (χ3n) is 8.71. The molecule has 12 nitrogen and oxygen atoms in total. The second-order valence-corrected chi connectivity index (χ2v) is 12.0. The molecule has 0 bridgehead atoms. The van der Waals surface area contributed by atoms with E-state index in [1.165, 1.54) is 6.07 Å². The molecule has 0 radical (unpaired) electrons. The molecule has 1 saturated heterocycles. The van der Waals surface area contributed by atoms with Crippen LogP contribution in [0.25, 0.3) is 27.6 Å². The summed E-state index contributed by atoms with van der Waals surface area (Å²) in [6, 6.07) is 5.51. The lowest BCUT2D eigenvalue weighted by atomic mass is 9.82. The molecule has 0 aliphatic carbocycles. The van der Waals surface area contributed by atoms with Crippen molar-refractivity contribution in [3.63, 3.8) is 0 Å². The molecular formula is C38H50FN7O5. The van der Waals surface area contributed by atoms with Crippen molar-refractivity contribution in [2.45, 2.75) is 93.0 Å². The van der Waals surface area contributed by atoms with Crippen LogP contribution in [0.3, 0.4) is 0 Å². The number of benzene rings is 2. The Morgan fingerprint density at radius 1 is 1.10 bits per heavy atom. The molecule has 274 valence electrons. The van der Waals surface area contributed by atoms with Crippen LogP contribution in [0.1, 0.15) is 88.1 Å². The number of aromatic nitrogens is 2. The van der Waals surface area contributed by atoms with Gasteiger partial charge in [0.15, 0.2) is 5.90 Å². The van der Waals surface area contributed by atoms with Crippen molar-refractivity contribution in [1.82, 2.24) is 9.97 Å². The zero-order chi connectivity index (χ0) is 37.1. The Labute approximate surface area is 299 Å². The predicted octanol–water partition coefficient (Wildman–Crippen LogP) is 7.33. The van der Waals surface area contributed by atoms with E-state index in [-0.39, 0.29) is 55.8 Å². The summed E-state index contributed by atoms with van der Waals surface area (Å²) < 4.78 is 44.1. The molecule has 13 heteroatoms. The SMILES string of the molecule is CC.CCCC/C(N)=C(/C#N)c1c(-c2c3c(c4c(NCC(=N)OC(=N)CC)nc(OCC5COCCO5)nc4c2CC)COC3)ccc(F)c1C. The summed E-state index contributed by atoms with van der Waals surface area (Å²) in [7, 11) is 0. The van der Waals surface area contributed by atoms with Crippen LogP contribution in [-0.2, 0) is 38.6 Å². The number of nitriles is 1. The Kier molecular flexibility index (Phi) is 14.2. The molecule has 1 aromatic heterocycles. The van der Waals surface area contributed by atoms with Crippen molar-refractivity contribution in [1.29, 1.82) is 16.1 Å². The van der Waals surface area contributed by atoms with E-state index in [0.717, 1.165) is 35.1 Å². The Bertz CT molecular complexity index is 1820. The smallest absolute Gasteiger partial charge is 0.319 e. The first kappa shape index (κ1) is 39.2. The van der Waals surface area contributed by atoms with Gasteiger partial charge in [0.05, 0.1) is 50.7 Å². The highest BCUT2D eigenvalue weighted by Crippen LogP contribution is 2.46. The summed E-state index contributed by atoms with van der Waals surface area (Å²) in [6.07, 6.45) is 2.80. The number of unbranched alkanes of at least 4 members (excludes halogenated alkanes) is 1. The first-order chi connectivity index (χ1) is 24.7. The minimum Gasteiger partial charge on any atom is -0.461 e. The van der Waals surface area contributed by atoms with Crippen LogP contribution in [0.2, 0.25) is 0 Å². The normalized spacial score (nSPS) is 15.6. The number of nitrogens with zero attached hydrogens (tertiary/aromatic N) is 3. The van der Waals surface area contributed by atoms with E-state index >= 15 is 4.39 Å². The number of rotatable bonds is 13. The first-order valence-electron chi connectivity index (χ1n) is 17.7. The summed E-state index contributed by atoms with van der Waals surface area (Å²) in [5.74, 6) is -0.174. The van der Waals surface area contributed by atoms with E-state index in [0.29, 0.717) is 78.2 Å². The van der Waals surface area contributed by atoms with Crippen molar-refractivity contribution in [3.05, 3.63) is 51.5 Å². The summed E-state index contributed by atoms with van der Waals surface area (Å²) in [6.45, 7) is 13.5. The van der Waals surface area contributed by atoms with Crippen LogP contribution in [0.4, 0.5) is 10.2 Å². The van der Waals surface area contributed by atoms with Gasteiger partial charge in [0.25, 0.3) is 0 Å². The van der Waals surface area contributed by atoms with E-state index in [9.17, 15) is 5.26 Å². The van der Waals surface area contributed by atoms with E-state index in [2.05, 4.69) is 18.3 Å². The fourth-order valence-corrected chi connectivity index (χ4v) is 6.20. The minimum atomic E-state index is -0.430. The van der Waals surface area contributed by atoms with Gasteiger partial charge in [-0.2, -0.15) is 15.2 Å². The lowest BCUT2D eigenvalue weighted by molar-refractivity contribution is -0.102. The van der Waals surface area contributed by atoms with Gasteiger partial charge in [-0.25, -0.2) is 4.39 Å². The van der Waals surface area contributed by atoms with Crippen molar-refractivity contribution in [2.24, 2.45) is 5.73 Å². The Hall–Kier alpha value is -4.64. The molecule has 1 atom stereocenters. The zero-order valence-corrected chi connectivity index (χ0v) is 30.6. The topological polar surface area (TPSA) is 181 Å². The van der Waals surface area contributed by atoms with Gasteiger partial charge in [0, 0.05) is 23.1 Å². The van der Waals surface area contributed by atoms with Crippen LogP contribution in [-0.4, -0.2) is 60.8 Å². The van der Waals surface area contributed by atoms with Crippen LogP contribution < -0.4 is 15.8 Å². The quantitative estimate of drug-likeness (QED) is 0.0799. The maximum absolute atomic E-state index is 15.3. The van der Waals surface area contributed by atoms with Gasteiger partial charge in [0.2, 0.25) is 5.90 Å². The third kappa shape index (κ3) is 8.81. The molecule has 2 aliphatic rings. The second kappa shape index (κ2) is 18.6. The lowest BCUT2D eigenvalue weighted by Gasteiger charge is -2.24. The molecule has 0 saturated carbocycles. The van der Waals surface area contributed by atoms with Gasteiger partial charge >= 0.3 is 6.01 Å². The highest BCUT2D eigenvalue weighted by atomic mass is 19.1. The van der Waals surface area contributed by atoms with Crippen molar-refractivity contribution in [3.8, 4) is 23.2 Å². The number of aryl methyl sites for hydroxylation is 1. The van der Waals surface area contributed by atoms with Crippen molar-refractivity contribution >= 4 is 34.1 Å². The summed E-state index contributed by atoms with van der Waals surface area (Å²) >= 11 is 0. The van der Waals surface area contributed by atoms with Crippen molar-refractivity contribution in [2.75, 3.05) is 38.3 Å². The largest absolute Gasteiger partial charge is 0.461 e. The number of halogens is 1. The van der Waals surface area contributed by atoms with E-state index in [1.807, 2.05) is 20.8 Å². The molecular weight excluding hydrogens is 653 g/mol. The van der Waals surface area contributed by atoms with Crippen LogP contribution in [0, 0.1) is 34.9 Å². The standard InChI is InChI=1S/C36H44FN7O5.C2H6/c1-5-8-9-28(39)24(14-38)31-20(4)27(37)11-10-23(31)32-22(6-2)34-33(26-19-46-18-25(26)32)35(42-15-30(41)49-29(40)7-3)44-36(43-34)48-17-21-16-45-12-13-47-21;1-2/h10-11,21,40-41H,5-9,12-13,15-19,39H2,1-4H3,(H,42,43,44);1-2H3/b28-24+,40-29?,41-30?;. The summed E-state index contributed by atoms with van der Waals surface area (Å²) in [5.41, 5.74) is 12.6. The molecule has 5 N–H and O–H groups in total. The second-order valence-electron chi connectivity index (χ2n) is 12.0. The van der Waals surface area contributed by atoms with E-state index in [1.54, 1.807) is 19.9 Å². The zero-order valence-electron chi connectivity index (χ0n) is 30.6. The van der Waals surface area contributed by atoms with Crippen LogP contribution in [0.15, 0.2) is 17.8 Å². The van der Waals surface area contributed by atoms with Gasteiger partial charge in [-0.3, -0.25) is 10.8 Å². The fraction of sp³-hybridized carbons (Fsp3) is 0.500. The molecule has 1 fully saturated rings. The summed E-state index contributed by atoms with van der Waals surface area (Å²) in [5, 5.41) is 30.5. The minimum absolute atomic E-state index is 0.0169. The van der Waals surface area contributed by atoms with Gasteiger partial charge in [-0.15, -0.1) is 0 Å². The fourth-order valence-electron chi connectivity index (χ4n) is 6.20. The molecule has 0 amide bonds. The number of allylic oxidation sites excluding steroid dienone is 2. The number of nitrogens with two attached hydrogens (primary N) is 1. The summed E-state index contributed by atoms with van der Waals surface area (Å²) in [4.78, 5) is 9.66.